The minimum atomic E-state index is -0.617. The molecule has 2 aromatic rings. The third-order valence-electron chi connectivity index (χ3n) is 3.68. The lowest BCUT2D eigenvalue weighted by molar-refractivity contribution is -0.131. The van der Waals surface area contributed by atoms with Crippen LogP contribution >= 0.6 is 11.6 Å². The molecule has 1 unspecified atom stereocenters. The average molecular weight is 305 g/mol. The molecule has 0 N–H and O–H groups in total. The minimum Gasteiger partial charge on any atom is -0.365 e. The number of hydrogen-bond donors (Lipinski definition) is 0. The molecule has 0 amide bonds. The van der Waals surface area contributed by atoms with E-state index in [0.717, 1.165) is 17.5 Å². The van der Waals surface area contributed by atoms with E-state index in [1.165, 1.54) is 6.07 Å². The highest BCUT2D eigenvalue weighted by Crippen LogP contribution is 2.29. The van der Waals surface area contributed by atoms with Gasteiger partial charge in [0.15, 0.2) is 5.78 Å². The highest BCUT2D eigenvalue weighted by atomic mass is 35.5. The Labute approximate surface area is 127 Å². The van der Waals surface area contributed by atoms with Crippen LogP contribution in [0.4, 0.5) is 4.39 Å². The van der Waals surface area contributed by atoms with Crippen LogP contribution in [0.5, 0.6) is 0 Å². The Morgan fingerprint density at radius 3 is 2.90 bits per heavy atom. The zero-order chi connectivity index (χ0) is 14.8. The summed E-state index contributed by atoms with van der Waals surface area (Å²) in [7, 11) is 0. The van der Waals surface area contributed by atoms with Crippen LogP contribution < -0.4 is 0 Å². The molecule has 2 nitrogen and oxygen atoms in total. The number of hydrogen-bond acceptors (Lipinski definition) is 2. The van der Waals surface area contributed by atoms with E-state index in [4.69, 9.17) is 16.3 Å². The lowest BCUT2D eigenvalue weighted by Gasteiger charge is -2.25. The smallest absolute Gasteiger partial charge is 0.170 e. The Kier molecular flexibility index (Phi) is 4.04. The molecule has 108 valence electrons. The molecule has 21 heavy (non-hydrogen) atoms. The monoisotopic (exact) mass is 304 g/mol. The summed E-state index contributed by atoms with van der Waals surface area (Å²) in [6.45, 7) is 0.505. The first-order chi connectivity index (χ1) is 10.2. The number of fused-ring (bicyclic) bond motifs is 1. The normalized spacial score (nSPS) is 17.3. The molecule has 0 radical (unpaired) electrons. The summed E-state index contributed by atoms with van der Waals surface area (Å²) in [5, 5.41) is 0.0327. The number of carbonyl (C=O) groups is 1. The number of ether oxygens (including phenoxy) is 1. The van der Waals surface area contributed by atoms with Crippen LogP contribution in [-0.2, 0) is 22.4 Å². The van der Waals surface area contributed by atoms with Crippen molar-refractivity contribution < 1.29 is 13.9 Å². The van der Waals surface area contributed by atoms with E-state index in [1.807, 2.05) is 24.3 Å². The second-order valence-electron chi connectivity index (χ2n) is 5.06. The molecule has 0 bridgehead atoms. The first-order valence-corrected chi connectivity index (χ1v) is 7.19. The highest BCUT2D eigenvalue weighted by molar-refractivity contribution is 6.30. The van der Waals surface area contributed by atoms with Gasteiger partial charge in [-0.2, -0.15) is 0 Å². The molecule has 1 aliphatic heterocycles. The van der Waals surface area contributed by atoms with E-state index in [-0.39, 0.29) is 17.2 Å². The van der Waals surface area contributed by atoms with Crippen LogP contribution in [0, 0.1) is 5.82 Å². The number of halogens is 2. The van der Waals surface area contributed by atoms with Crippen molar-refractivity contribution in [2.45, 2.75) is 18.9 Å². The van der Waals surface area contributed by atoms with Gasteiger partial charge < -0.3 is 4.74 Å². The zero-order valence-electron chi connectivity index (χ0n) is 11.3. The molecule has 4 heteroatoms. The van der Waals surface area contributed by atoms with Gasteiger partial charge in [-0.3, -0.25) is 4.79 Å². The van der Waals surface area contributed by atoms with Gasteiger partial charge in [0.1, 0.15) is 11.9 Å². The largest absolute Gasteiger partial charge is 0.365 e. The minimum absolute atomic E-state index is 0.0224. The predicted octanol–water partition coefficient (Wildman–Crippen LogP) is 3.90. The van der Waals surface area contributed by atoms with Crippen molar-refractivity contribution in [3.8, 4) is 0 Å². The fraction of sp³-hybridized carbons (Fsp3) is 0.235. The van der Waals surface area contributed by atoms with Gasteiger partial charge in [-0.15, -0.1) is 0 Å². The lowest BCUT2D eigenvalue weighted by Crippen LogP contribution is -2.25. The Bertz CT molecular complexity index is 684. The molecule has 1 heterocycles. The molecular weight excluding hydrogens is 291 g/mol. The number of carbonyl (C=O) groups excluding carboxylic acids is 1. The third-order valence-corrected chi connectivity index (χ3v) is 3.97. The van der Waals surface area contributed by atoms with Gasteiger partial charge in [0, 0.05) is 6.42 Å². The van der Waals surface area contributed by atoms with Gasteiger partial charge >= 0.3 is 0 Å². The maximum absolute atomic E-state index is 13.9. The van der Waals surface area contributed by atoms with E-state index in [2.05, 4.69) is 0 Å². The molecule has 0 saturated carbocycles. The van der Waals surface area contributed by atoms with E-state index in [0.29, 0.717) is 12.2 Å². The van der Waals surface area contributed by atoms with Crippen LogP contribution in [-0.4, -0.2) is 12.4 Å². The van der Waals surface area contributed by atoms with E-state index in [1.54, 1.807) is 12.1 Å². The molecule has 2 aromatic carbocycles. The van der Waals surface area contributed by atoms with Crippen molar-refractivity contribution >= 4 is 17.4 Å². The summed E-state index contributed by atoms with van der Waals surface area (Å²) in [5.41, 5.74) is 2.31. The van der Waals surface area contributed by atoms with E-state index >= 15 is 0 Å². The SMILES string of the molecule is O=C(Cc1cccc(Cl)c1F)C1OCCc2ccccc21. The Morgan fingerprint density at radius 1 is 1.24 bits per heavy atom. The van der Waals surface area contributed by atoms with Crippen LogP contribution in [0.3, 0.4) is 0 Å². The topological polar surface area (TPSA) is 26.3 Å². The number of benzene rings is 2. The Hall–Kier alpha value is -1.71. The Morgan fingerprint density at radius 2 is 2.05 bits per heavy atom. The standard InChI is InChI=1S/C17H14ClFO2/c18-14-7-3-5-12(16(14)19)10-15(20)17-13-6-2-1-4-11(13)8-9-21-17/h1-7,17H,8-10H2. The molecule has 1 atom stereocenters. The van der Waals surface area contributed by atoms with Crippen molar-refractivity contribution in [2.75, 3.05) is 6.61 Å². The van der Waals surface area contributed by atoms with E-state index in [9.17, 15) is 9.18 Å². The average Bonchev–Trinajstić information content (AvgIpc) is 2.51. The molecule has 0 saturated heterocycles. The second-order valence-corrected chi connectivity index (χ2v) is 5.46. The van der Waals surface area contributed by atoms with Crippen molar-refractivity contribution in [1.82, 2.24) is 0 Å². The molecule has 0 aliphatic carbocycles. The zero-order valence-corrected chi connectivity index (χ0v) is 12.1. The summed E-state index contributed by atoms with van der Waals surface area (Å²) in [4.78, 5) is 12.5. The highest BCUT2D eigenvalue weighted by Gasteiger charge is 2.27. The number of rotatable bonds is 3. The summed E-state index contributed by atoms with van der Waals surface area (Å²) >= 11 is 5.75. The fourth-order valence-electron chi connectivity index (χ4n) is 2.63. The molecular formula is C17H14ClFO2. The van der Waals surface area contributed by atoms with Gasteiger partial charge in [0.2, 0.25) is 0 Å². The van der Waals surface area contributed by atoms with Crippen molar-refractivity contribution in [1.29, 1.82) is 0 Å². The molecule has 0 spiro atoms. The summed E-state index contributed by atoms with van der Waals surface area (Å²) in [5.74, 6) is -0.681. The third kappa shape index (κ3) is 2.85. The van der Waals surface area contributed by atoms with Gasteiger partial charge in [-0.1, -0.05) is 48.0 Å². The fourth-order valence-corrected chi connectivity index (χ4v) is 2.82. The van der Waals surface area contributed by atoms with Crippen LogP contribution in [0.15, 0.2) is 42.5 Å². The maximum atomic E-state index is 13.9. The van der Waals surface area contributed by atoms with E-state index < -0.39 is 11.9 Å². The summed E-state index contributed by atoms with van der Waals surface area (Å²) in [6, 6.07) is 12.4. The van der Waals surface area contributed by atoms with Gasteiger partial charge in [-0.05, 0) is 29.2 Å². The first kappa shape index (κ1) is 14.2. The van der Waals surface area contributed by atoms with Crippen molar-refractivity contribution in [3.63, 3.8) is 0 Å². The number of Topliss-reactive ketones (excluding diaryl/α,β-unsaturated/α-hetero) is 1. The van der Waals surface area contributed by atoms with Crippen molar-refractivity contribution in [2.24, 2.45) is 0 Å². The predicted molar refractivity (Wildman–Crippen MR) is 79.0 cm³/mol. The van der Waals surface area contributed by atoms with Crippen LogP contribution in [0.2, 0.25) is 5.02 Å². The first-order valence-electron chi connectivity index (χ1n) is 6.82. The van der Waals surface area contributed by atoms with Crippen molar-refractivity contribution in [3.05, 3.63) is 70.0 Å². The quantitative estimate of drug-likeness (QED) is 0.859. The molecule has 1 aliphatic rings. The molecule has 0 aromatic heterocycles. The summed E-state index contributed by atoms with van der Waals surface area (Å²) < 4.78 is 19.5. The molecule has 0 fully saturated rings. The van der Waals surface area contributed by atoms with Gasteiger partial charge in [-0.25, -0.2) is 4.39 Å². The van der Waals surface area contributed by atoms with Crippen LogP contribution in [0.25, 0.3) is 0 Å². The Balaban J connectivity index is 1.85. The number of ketones is 1. The molecule has 3 rings (SSSR count). The second kappa shape index (κ2) is 5.96. The lowest BCUT2D eigenvalue weighted by atomic mass is 9.93. The maximum Gasteiger partial charge on any atom is 0.170 e. The van der Waals surface area contributed by atoms with Crippen LogP contribution in [0.1, 0.15) is 22.8 Å². The van der Waals surface area contributed by atoms with Gasteiger partial charge in [0.25, 0.3) is 0 Å². The summed E-state index contributed by atoms with van der Waals surface area (Å²) in [6.07, 6.45) is 0.157. The van der Waals surface area contributed by atoms with Gasteiger partial charge in [0.05, 0.1) is 11.6 Å².